The lowest BCUT2D eigenvalue weighted by Gasteiger charge is -2.21. The number of hydrogen-bond donors (Lipinski definition) is 1. The van der Waals surface area contributed by atoms with Gasteiger partial charge in [-0.15, -0.1) is 0 Å². The maximum Gasteiger partial charge on any atom is 0.585 e. The summed E-state index contributed by atoms with van der Waals surface area (Å²) in [7, 11) is -4.20. The van der Waals surface area contributed by atoms with Crippen LogP contribution in [0.2, 0.25) is 0 Å². The normalized spacial score (nSPS) is 15.8. The molecule has 0 spiro atoms. The van der Waals surface area contributed by atoms with E-state index in [9.17, 15) is 9.46 Å². The first-order valence-corrected chi connectivity index (χ1v) is 6.71. The Balaban J connectivity index is 2.17. The summed E-state index contributed by atoms with van der Waals surface area (Å²) in [6.45, 7) is 0. The van der Waals surface area contributed by atoms with Crippen LogP contribution in [0.1, 0.15) is 0 Å². The van der Waals surface area contributed by atoms with E-state index in [1.807, 2.05) is 0 Å². The number of rotatable bonds is 0. The van der Waals surface area contributed by atoms with Crippen LogP contribution in [-0.4, -0.2) is 4.89 Å². The van der Waals surface area contributed by atoms with Crippen LogP contribution in [0, 0.1) is 0 Å². The molecule has 1 aliphatic rings. The number of hydrogen-bond acceptors (Lipinski definition) is 4. The van der Waals surface area contributed by atoms with Gasteiger partial charge in [0.25, 0.3) is 0 Å². The van der Waals surface area contributed by atoms with Gasteiger partial charge in [0.2, 0.25) is 0 Å². The molecule has 0 bridgehead atoms. The molecule has 0 unspecified atom stereocenters. The van der Waals surface area contributed by atoms with Crippen molar-refractivity contribution in [2.75, 3.05) is 0 Å². The van der Waals surface area contributed by atoms with E-state index in [0.717, 1.165) is 0 Å². The van der Waals surface area contributed by atoms with Gasteiger partial charge in [-0.2, -0.15) is 0 Å². The molecule has 6 heteroatoms. The molecule has 0 saturated carbocycles. The van der Waals surface area contributed by atoms with Crippen LogP contribution in [0.4, 0.5) is 0 Å². The molecule has 0 aromatic heterocycles. The molecule has 2 aromatic rings. The Kier molecular flexibility index (Phi) is 2.51. The van der Waals surface area contributed by atoms with E-state index in [0.29, 0.717) is 11.5 Å². The van der Waals surface area contributed by atoms with Crippen molar-refractivity contribution in [2.45, 2.75) is 0 Å². The van der Waals surface area contributed by atoms with E-state index in [1.165, 1.54) is 12.1 Å². The highest BCUT2D eigenvalue weighted by atomic mass is 31.2. The maximum absolute atomic E-state index is 11.8. The molecule has 1 heterocycles. The van der Waals surface area contributed by atoms with Crippen molar-refractivity contribution in [3.8, 4) is 23.0 Å². The van der Waals surface area contributed by atoms with Crippen LogP contribution in [0.15, 0.2) is 48.5 Å². The lowest BCUT2D eigenvalue weighted by Crippen LogP contribution is -2.04. The number of ether oxygens (including phenoxy) is 1. The highest BCUT2D eigenvalue weighted by Gasteiger charge is 2.30. The summed E-state index contributed by atoms with van der Waals surface area (Å²) < 4.78 is 27.3. The lowest BCUT2D eigenvalue weighted by molar-refractivity contribution is 0.272. The second-order valence-corrected chi connectivity index (χ2v) is 4.95. The molecule has 0 amide bonds. The van der Waals surface area contributed by atoms with Gasteiger partial charge in [0.15, 0.2) is 23.0 Å². The van der Waals surface area contributed by atoms with Crippen LogP contribution in [0.3, 0.4) is 0 Å². The van der Waals surface area contributed by atoms with E-state index in [-0.39, 0.29) is 11.5 Å². The Morgan fingerprint density at radius 1 is 0.778 bits per heavy atom. The molecule has 5 nitrogen and oxygen atoms in total. The molecule has 1 N–H and O–H groups in total. The Bertz CT molecular complexity index is 588. The van der Waals surface area contributed by atoms with Crippen molar-refractivity contribution in [3.05, 3.63) is 48.5 Å². The molecule has 92 valence electrons. The molecule has 18 heavy (non-hydrogen) atoms. The third kappa shape index (κ3) is 2.06. The smallest absolute Gasteiger partial charge is 0.450 e. The lowest BCUT2D eigenvalue weighted by atomic mass is 10.3. The van der Waals surface area contributed by atoms with Crippen molar-refractivity contribution in [1.82, 2.24) is 0 Å². The molecule has 3 rings (SSSR count). The molecule has 0 atom stereocenters. The predicted molar refractivity (Wildman–Crippen MR) is 64.0 cm³/mol. The fourth-order valence-corrected chi connectivity index (χ4v) is 2.44. The molecular formula is C12H9O5P. The maximum atomic E-state index is 11.8. The van der Waals surface area contributed by atoms with Gasteiger partial charge in [-0.05, 0) is 24.3 Å². The SMILES string of the molecule is O=P1(O)Oc2ccccc2Oc2ccccc2O1. The van der Waals surface area contributed by atoms with Crippen molar-refractivity contribution in [2.24, 2.45) is 0 Å². The average Bonchev–Trinajstić information content (AvgIpc) is 2.31. The molecule has 0 saturated heterocycles. The van der Waals surface area contributed by atoms with Gasteiger partial charge in [0, 0.05) is 0 Å². The molecular weight excluding hydrogens is 255 g/mol. The summed E-state index contributed by atoms with van der Waals surface area (Å²) in [6, 6.07) is 13.2. The minimum absolute atomic E-state index is 0.165. The Morgan fingerprint density at radius 2 is 1.17 bits per heavy atom. The molecule has 0 aliphatic carbocycles. The highest BCUT2D eigenvalue weighted by Crippen LogP contribution is 2.52. The zero-order valence-corrected chi connectivity index (χ0v) is 10.0. The first-order chi connectivity index (χ1) is 8.64. The van der Waals surface area contributed by atoms with Crippen molar-refractivity contribution in [1.29, 1.82) is 0 Å². The first-order valence-electron chi connectivity index (χ1n) is 5.22. The van der Waals surface area contributed by atoms with Gasteiger partial charge in [-0.25, -0.2) is 4.57 Å². The zero-order chi connectivity index (χ0) is 12.6. The standard InChI is InChI=1S/C12H9O5P/c13-18(14)16-11-7-3-1-5-9(11)15-10-6-2-4-8-12(10)17-18/h1-8H,(H,13,14). The average molecular weight is 264 g/mol. The Hall–Kier alpha value is -1.97. The first kappa shape index (κ1) is 11.1. The number of phosphoric ester groups is 1. The minimum atomic E-state index is -4.20. The summed E-state index contributed by atoms with van der Waals surface area (Å²) in [4.78, 5) is 9.63. The van der Waals surface area contributed by atoms with E-state index in [1.54, 1.807) is 36.4 Å². The van der Waals surface area contributed by atoms with Crippen LogP contribution in [-0.2, 0) is 4.57 Å². The fraction of sp³-hybridized carbons (Fsp3) is 0. The number of fused-ring (bicyclic) bond motifs is 2. The van der Waals surface area contributed by atoms with Gasteiger partial charge >= 0.3 is 7.82 Å². The van der Waals surface area contributed by atoms with Crippen molar-refractivity contribution >= 4 is 7.82 Å². The van der Waals surface area contributed by atoms with Crippen LogP contribution in [0.25, 0.3) is 0 Å². The second-order valence-electron chi connectivity index (χ2n) is 3.65. The second kappa shape index (κ2) is 4.05. The molecule has 1 aliphatic heterocycles. The summed E-state index contributed by atoms with van der Waals surface area (Å²) in [5, 5.41) is 0. The van der Waals surface area contributed by atoms with Crippen LogP contribution in [0.5, 0.6) is 23.0 Å². The summed E-state index contributed by atoms with van der Waals surface area (Å²) in [6.07, 6.45) is 0. The van der Waals surface area contributed by atoms with Gasteiger partial charge in [0.1, 0.15) is 0 Å². The number of benzene rings is 2. The molecule has 2 aromatic carbocycles. The van der Waals surface area contributed by atoms with Gasteiger partial charge in [-0.1, -0.05) is 24.3 Å². The van der Waals surface area contributed by atoms with Crippen LogP contribution < -0.4 is 13.8 Å². The predicted octanol–water partition coefficient (Wildman–Crippen LogP) is 3.35. The van der Waals surface area contributed by atoms with Gasteiger partial charge in [-0.3, -0.25) is 4.89 Å². The Labute approximate surface area is 103 Å². The monoisotopic (exact) mass is 264 g/mol. The third-order valence-corrected chi connectivity index (χ3v) is 3.20. The molecule has 0 fully saturated rings. The number of para-hydroxylation sites is 4. The highest BCUT2D eigenvalue weighted by molar-refractivity contribution is 7.48. The van der Waals surface area contributed by atoms with E-state index in [4.69, 9.17) is 13.8 Å². The zero-order valence-electron chi connectivity index (χ0n) is 9.15. The van der Waals surface area contributed by atoms with E-state index >= 15 is 0 Å². The Morgan fingerprint density at radius 3 is 1.61 bits per heavy atom. The quantitative estimate of drug-likeness (QED) is 0.739. The summed E-state index contributed by atoms with van der Waals surface area (Å²) in [5.41, 5.74) is 0. The van der Waals surface area contributed by atoms with E-state index in [2.05, 4.69) is 0 Å². The largest absolute Gasteiger partial charge is 0.585 e. The van der Waals surface area contributed by atoms with Crippen LogP contribution >= 0.6 is 7.82 Å². The summed E-state index contributed by atoms with van der Waals surface area (Å²) >= 11 is 0. The fourth-order valence-electron chi connectivity index (χ4n) is 1.61. The third-order valence-electron chi connectivity index (χ3n) is 2.35. The summed E-state index contributed by atoms with van der Waals surface area (Å²) in [5.74, 6) is 1.06. The van der Waals surface area contributed by atoms with Crippen molar-refractivity contribution in [3.63, 3.8) is 0 Å². The van der Waals surface area contributed by atoms with Crippen molar-refractivity contribution < 1.29 is 23.2 Å². The number of phosphoric acid groups is 1. The van der Waals surface area contributed by atoms with E-state index < -0.39 is 7.82 Å². The molecule has 0 radical (unpaired) electrons. The minimum Gasteiger partial charge on any atom is -0.450 e. The van der Waals surface area contributed by atoms with Gasteiger partial charge in [0.05, 0.1) is 0 Å². The van der Waals surface area contributed by atoms with Gasteiger partial charge < -0.3 is 13.8 Å². The topological polar surface area (TPSA) is 65.0 Å².